The van der Waals surface area contributed by atoms with E-state index in [0.29, 0.717) is 6.42 Å². The first kappa shape index (κ1) is 15.0. The van der Waals surface area contributed by atoms with Gasteiger partial charge in [-0.1, -0.05) is 31.4 Å². The van der Waals surface area contributed by atoms with E-state index in [2.05, 4.69) is 0 Å². The van der Waals surface area contributed by atoms with Crippen molar-refractivity contribution in [1.29, 1.82) is 0 Å². The second-order valence-corrected chi connectivity index (χ2v) is 5.88. The standard InChI is InChI=1S/C17H25NO2/c1-13(19)17(18)11-14-7-9-16(10-8-14)20-12-15-5-3-2-4-6-15/h7-10,15,17H,2-6,11-12,18H2,1H3/t17-/m0/s1. The van der Waals surface area contributed by atoms with Gasteiger partial charge in [0, 0.05) is 0 Å². The normalized spacial score (nSPS) is 17.7. The lowest BCUT2D eigenvalue weighted by atomic mass is 9.90. The molecule has 20 heavy (non-hydrogen) atoms. The molecular formula is C17H25NO2. The summed E-state index contributed by atoms with van der Waals surface area (Å²) >= 11 is 0. The fraction of sp³-hybridized carbons (Fsp3) is 0.588. The number of nitrogens with two attached hydrogens (primary N) is 1. The molecule has 1 fully saturated rings. The highest BCUT2D eigenvalue weighted by Gasteiger charge is 2.14. The number of benzene rings is 1. The number of rotatable bonds is 6. The maximum Gasteiger partial charge on any atom is 0.146 e. The molecule has 0 amide bonds. The third-order valence-corrected chi connectivity index (χ3v) is 4.11. The minimum Gasteiger partial charge on any atom is -0.493 e. The summed E-state index contributed by atoms with van der Waals surface area (Å²) in [4.78, 5) is 11.1. The third kappa shape index (κ3) is 4.64. The zero-order valence-corrected chi connectivity index (χ0v) is 12.3. The molecule has 0 saturated heterocycles. The van der Waals surface area contributed by atoms with Crippen LogP contribution in [-0.2, 0) is 11.2 Å². The van der Waals surface area contributed by atoms with Gasteiger partial charge in [0.25, 0.3) is 0 Å². The highest BCUT2D eigenvalue weighted by Crippen LogP contribution is 2.24. The monoisotopic (exact) mass is 275 g/mol. The van der Waals surface area contributed by atoms with Gasteiger partial charge >= 0.3 is 0 Å². The maximum absolute atomic E-state index is 11.1. The largest absolute Gasteiger partial charge is 0.493 e. The van der Waals surface area contributed by atoms with Gasteiger partial charge in [0.1, 0.15) is 11.5 Å². The number of ketones is 1. The highest BCUT2D eigenvalue weighted by molar-refractivity contribution is 5.81. The van der Waals surface area contributed by atoms with Crippen molar-refractivity contribution in [2.24, 2.45) is 11.7 Å². The summed E-state index contributed by atoms with van der Waals surface area (Å²) in [6.07, 6.45) is 7.25. The topological polar surface area (TPSA) is 52.3 Å². The minimum atomic E-state index is -0.399. The van der Waals surface area contributed by atoms with Gasteiger partial charge in [-0.25, -0.2) is 0 Å². The van der Waals surface area contributed by atoms with Crippen molar-refractivity contribution in [2.45, 2.75) is 51.5 Å². The summed E-state index contributed by atoms with van der Waals surface area (Å²) in [6.45, 7) is 2.36. The average molecular weight is 275 g/mol. The molecule has 0 heterocycles. The first-order valence-corrected chi connectivity index (χ1v) is 7.63. The van der Waals surface area contributed by atoms with Gasteiger partial charge in [-0.3, -0.25) is 4.79 Å². The zero-order chi connectivity index (χ0) is 14.4. The quantitative estimate of drug-likeness (QED) is 0.868. The fourth-order valence-electron chi connectivity index (χ4n) is 2.69. The Balaban J connectivity index is 1.80. The van der Waals surface area contributed by atoms with Crippen LogP contribution in [0.25, 0.3) is 0 Å². The van der Waals surface area contributed by atoms with Crippen LogP contribution in [0.15, 0.2) is 24.3 Å². The Hall–Kier alpha value is -1.35. The summed E-state index contributed by atoms with van der Waals surface area (Å²) in [7, 11) is 0. The van der Waals surface area contributed by atoms with Gasteiger partial charge in [0.2, 0.25) is 0 Å². The first-order chi connectivity index (χ1) is 9.65. The molecule has 1 atom stereocenters. The van der Waals surface area contributed by atoms with Crippen LogP contribution in [0.2, 0.25) is 0 Å². The van der Waals surface area contributed by atoms with Crippen molar-refractivity contribution in [3.63, 3.8) is 0 Å². The molecule has 1 aliphatic rings. The summed E-state index contributed by atoms with van der Waals surface area (Å²) in [5.41, 5.74) is 6.84. The molecule has 0 bridgehead atoms. The lowest BCUT2D eigenvalue weighted by molar-refractivity contribution is -0.118. The zero-order valence-electron chi connectivity index (χ0n) is 12.3. The molecule has 0 spiro atoms. The molecule has 1 aromatic rings. The van der Waals surface area contributed by atoms with E-state index in [1.807, 2.05) is 24.3 Å². The number of ether oxygens (including phenoxy) is 1. The van der Waals surface area contributed by atoms with E-state index in [-0.39, 0.29) is 5.78 Å². The molecule has 0 unspecified atom stereocenters. The molecule has 3 heteroatoms. The lowest BCUT2D eigenvalue weighted by Crippen LogP contribution is -2.30. The summed E-state index contributed by atoms with van der Waals surface area (Å²) in [5.74, 6) is 1.66. The molecular weight excluding hydrogens is 250 g/mol. The van der Waals surface area contributed by atoms with Crippen LogP contribution < -0.4 is 10.5 Å². The predicted molar refractivity (Wildman–Crippen MR) is 80.9 cm³/mol. The van der Waals surface area contributed by atoms with Gasteiger partial charge in [0.05, 0.1) is 12.6 Å². The highest BCUT2D eigenvalue weighted by atomic mass is 16.5. The fourth-order valence-corrected chi connectivity index (χ4v) is 2.69. The number of hydrogen-bond acceptors (Lipinski definition) is 3. The Bertz CT molecular complexity index is 421. The van der Waals surface area contributed by atoms with Gasteiger partial charge < -0.3 is 10.5 Å². The van der Waals surface area contributed by atoms with Crippen LogP contribution in [-0.4, -0.2) is 18.4 Å². The Morgan fingerprint density at radius 3 is 2.50 bits per heavy atom. The van der Waals surface area contributed by atoms with Gasteiger partial charge in [0.15, 0.2) is 0 Å². The molecule has 2 rings (SSSR count). The average Bonchev–Trinajstić information content (AvgIpc) is 2.47. The first-order valence-electron chi connectivity index (χ1n) is 7.63. The molecule has 110 valence electrons. The van der Waals surface area contributed by atoms with Crippen molar-refractivity contribution >= 4 is 5.78 Å². The van der Waals surface area contributed by atoms with E-state index in [1.165, 1.54) is 39.0 Å². The Morgan fingerprint density at radius 2 is 1.90 bits per heavy atom. The van der Waals surface area contributed by atoms with Crippen molar-refractivity contribution in [3.8, 4) is 5.75 Å². The van der Waals surface area contributed by atoms with Gasteiger partial charge in [-0.05, 0) is 49.8 Å². The number of hydrogen-bond donors (Lipinski definition) is 1. The number of carbonyl (C=O) groups is 1. The van der Waals surface area contributed by atoms with E-state index in [9.17, 15) is 4.79 Å². The molecule has 3 nitrogen and oxygen atoms in total. The van der Waals surface area contributed by atoms with Crippen LogP contribution in [0.5, 0.6) is 5.75 Å². The predicted octanol–water partition coefficient (Wildman–Crippen LogP) is 3.10. The SMILES string of the molecule is CC(=O)[C@@H](N)Cc1ccc(OCC2CCCCC2)cc1. The summed E-state index contributed by atoms with van der Waals surface area (Å²) < 4.78 is 5.85. The third-order valence-electron chi connectivity index (χ3n) is 4.11. The molecule has 1 aromatic carbocycles. The van der Waals surface area contributed by atoms with Crippen LogP contribution in [0.4, 0.5) is 0 Å². The minimum absolute atomic E-state index is 0.0302. The lowest BCUT2D eigenvalue weighted by Gasteiger charge is -2.21. The molecule has 0 radical (unpaired) electrons. The molecule has 1 saturated carbocycles. The number of carbonyl (C=O) groups excluding carboxylic acids is 1. The molecule has 0 aliphatic heterocycles. The van der Waals surface area contributed by atoms with Crippen molar-refractivity contribution in [3.05, 3.63) is 29.8 Å². The van der Waals surface area contributed by atoms with Crippen molar-refractivity contribution < 1.29 is 9.53 Å². The molecule has 1 aliphatic carbocycles. The van der Waals surface area contributed by atoms with Crippen LogP contribution in [0.3, 0.4) is 0 Å². The van der Waals surface area contributed by atoms with E-state index >= 15 is 0 Å². The van der Waals surface area contributed by atoms with Gasteiger partial charge in [-0.2, -0.15) is 0 Å². The second-order valence-electron chi connectivity index (χ2n) is 5.88. The Labute approximate surface area is 121 Å². The molecule has 2 N–H and O–H groups in total. The van der Waals surface area contributed by atoms with Gasteiger partial charge in [-0.15, -0.1) is 0 Å². The van der Waals surface area contributed by atoms with E-state index in [4.69, 9.17) is 10.5 Å². The molecule has 0 aromatic heterocycles. The van der Waals surface area contributed by atoms with Crippen molar-refractivity contribution in [2.75, 3.05) is 6.61 Å². The second kappa shape index (κ2) is 7.44. The summed E-state index contributed by atoms with van der Waals surface area (Å²) in [6, 6.07) is 7.55. The summed E-state index contributed by atoms with van der Waals surface area (Å²) in [5, 5.41) is 0. The van der Waals surface area contributed by atoms with E-state index in [0.717, 1.165) is 23.8 Å². The van der Waals surface area contributed by atoms with Crippen LogP contribution in [0, 0.1) is 5.92 Å². The smallest absolute Gasteiger partial charge is 0.146 e. The Kier molecular flexibility index (Phi) is 5.60. The van der Waals surface area contributed by atoms with E-state index < -0.39 is 6.04 Å². The van der Waals surface area contributed by atoms with Crippen LogP contribution in [0.1, 0.15) is 44.6 Å². The number of Topliss-reactive ketones (excluding diaryl/α,β-unsaturated/α-hetero) is 1. The van der Waals surface area contributed by atoms with E-state index in [1.54, 1.807) is 0 Å². The maximum atomic E-state index is 11.1. The Morgan fingerprint density at radius 1 is 1.25 bits per heavy atom. The van der Waals surface area contributed by atoms with Crippen molar-refractivity contribution in [1.82, 2.24) is 0 Å². The van der Waals surface area contributed by atoms with Crippen LogP contribution >= 0.6 is 0 Å².